The van der Waals surface area contributed by atoms with Crippen LogP contribution in [0.15, 0.2) is 36.4 Å². The third kappa shape index (κ3) is 3.93. The molecule has 5 heteroatoms. The van der Waals surface area contributed by atoms with Crippen molar-refractivity contribution in [2.24, 2.45) is 0 Å². The Morgan fingerprint density at radius 1 is 1.21 bits per heavy atom. The van der Waals surface area contributed by atoms with E-state index in [-0.39, 0.29) is 5.57 Å². The maximum atomic E-state index is 13.7. The van der Waals surface area contributed by atoms with Gasteiger partial charge in [-0.2, -0.15) is 0 Å². The molecule has 1 N–H and O–H groups in total. The van der Waals surface area contributed by atoms with E-state index in [9.17, 15) is 14.3 Å². The highest BCUT2D eigenvalue weighted by Crippen LogP contribution is 2.30. The molecule has 0 amide bonds. The summed E-state index contributed by atoms with van der Waals surface area (Å²) in [5, 5.41) is 9.47. The van der Waals surface area contributed by atoms with Crippen molar-refractivity contribution in [3.05, 3.63) is 58.9 Å². The summed E-state index contributed by atoms with van der Waals surface area (Å²) >= 11 is 0. The molecule has 4 nitrogen and oxygen atoms in total. The van der Waals surface area contributed by atoms with Crippen molar-refractivity contribution in [1.82, 2.24) is 0 Å². The predicted molar refractivity (Wildman–Crippen MR) is 90.8 cm³/mol. The fraction of sp³-hybridized carbons (Fsp3) is 0.211. The summed E-state index contributed by atoms with van der Waals surface area (Å²) in [6.07, 6.45) is 1.48. The molecule has 0 unspecified atom stereocenters. The number of halogens is 1. The molecular formula is C19H19FO4. The Morgan fingerprint density at radius 3 is 2.54 bits per heavy atom. The van der Waals surface area contributed by atoms with Crippen LogP contribution in [0, 0.1) is 12.7 Å². The predicted octanol–water partition coefficient (Wildman–Crippen LogP) is 4.17. The van der Waals surface area contributed by atoms with Crippen LogP contribution in [0.5, 0.6) is 11.5 Å². The number of benzene rings is 2. The van der Waals surface area contributed by atoms with E-state index < -0.39 is 11.8 Å². The smallest absolute Gasteiger partial charge is 0.336 e. The minimum atomic E-state index is -1.13. The topological polar surface area (TPSA) is 55.8 Å². The van der Waals surface area contributed by atoms with Gasteiger partial charge in [-0.1, -0.05) is 18.2 Å². The number of carboxylic acids is 1. The van der Waals surface area contributed by atoms with Gasteiger partial charge in [0, 0.05) is 0 Å². The lowest BCUT2D eigenvalue weighted by Gasteiger charge is -2.10. The van der Waals surface area contributed by atoms with Gasteiger partial charge < -0.3 is 14.6 Å². The van der Waals surface area contributed by atoms with E-state index in [0.29, 0.717) is 34.8 Å². The number of methoxy groups -OCH3 is 1. The van der Waals surface area contributed by atoms with E-state index in [0.717, 1.165) is 0 Å². The van der Waals surface area contributed by atoms with Crippen molar-refractivity contribution in [3.8, 4) is 11.5 Å². The molecule has 0 aliphatic carbocycles. The van der Waals surface area contributed by atoms with Crippen molar-refractivity contribution in [3.63, 3.8) is 0 Å². The molecule has 0 saturated heterocycles. The van der Waals surface area contributed by atoms with Gasteiger partial charge in [0.25, 0.3) is 0 Å². The minimum Gasteiger partial charge on any atom is -0.493 e. The van der Waals surface area contributed by atoms with Gasteiger partial charge in [-0.05, 0) is 54.8 Å². The van der Waals surface area contributed by atoms with Crippen molar-refractivity contribution in [1.29, 1.82) is 0 Å². The van der Waals surface area contributed by atoms with Gasteiger partial charge in [0.1, 0.15) is 5.82 Å². The van der Waals surface area contributed by atoms with Gasteiger partial charge in [-0.25, -0.2) is 9.18 Å². The van der Waals surface area contributed by atoms with Crippen LogP contribution in [0.25, 0.3) is 11.6 Å². The number of carboxylic acid groups (broad SMARTS) is 1. The van der Waals surface area contributed by atoms with Gasteiger partial charge in [-0.3, -0.25) is 0 Å². The van der Waals surface area contributed by atoms with Crippen LogP contribution in [0.3, 0.4) is 0 Å². The summed E-state index contributed by atoms with van der Waals surface area (Å²) in [5.41, 5.74) is 1.39. The lowest BCUT2D eigenvalue weighted by molar-refractivity contribution is -0.130. The number of hydrogen-bond donors (Lipinski definition) is 1. The molecule has 0 atom stereocenters. The van der Waals surface area contributed by atoms with E-state index in [1.54, 1.807) is 37.3 Å². The number of aryl methyl sites for hydroxylation is 1. The zero-order chi connectivity index (χ0) is 17.7. The van der Waals surface area contributed by atoms with Crippen LogP contribution < -0.4 is 9.47 Å². The second-order valence-electron chi connectivity index (χ2n) is 5.17. The van der Waals surface area contributed by atoms with E-state index in [4.69, 9.17) is 9.47 Å². The molecule has 0 heterocycles. The average molecular weight is 330 g/mol. The lowest BCUT2D eigenvalue weighted by Crippen LogP contribution is -2.01. The average Bonchev–Trinajstić information content (AvgIpc) is 2.56. The molecule has 0 aliphatic heterocycles. The molecule has 0 fully saturated rings. The highest BCUT2D eigenvalue weighted by molar-refractivity contribution is 6.20. The number of aliphatic carboxylic acids is 1. The number of hydrogen-bond acceptors (Lipinski definition) is 3. The molecule has 0 aromatic heterocycles. The van der Waals surface area contributed by atoms with Crippen molar-refractivity contribution >= 4 is 17.6 Å². The van der Waals surface area contributed by atoms with Gasteiger partial charge in [0.05, 0.1) is 19.3 Å². The Hall–Kier alpha value is -2.82. The summed E-state index contributed by atoms with van der Waals surface area (Å²) in [6.45, 7) is 3.98. The highest BCUT2D eigenvalue weighted by atomic mass is 19.1. The minimum absolute atomic E-state index is 0.000105. The molecule has 126 valence electrons. The van der Waals surface area contributed by atoms with Gasteiger partial charge in [0.15, 0.2) is 11.5 Å². The zero-order valence-corrected chi connectivity index (χ0v) is 13.8. The van der Waals surface area contributed by atoms with Gasteiger partial charge in [0.2, 0.25) is 0 Å². The summed E-state index contributed by atoms with van der Waals surface area (Å²) in [4.78, 5) is 11.6. The molecule has 0 radical (unpaired) electrons. The Kier molecular flexibility index (Phi) is 5.58. The molecule has 0 aliphatic rings. The normalized spacial score (nSPS) is 11.2. The standard InChI is InChI=1S/C19H19FO4/c1-4-24-17-8-6-13(10-18(17)23-3)9-15(19(21)22)14-7-5-12(2)16(20)11-14/h5-11H,4H2,1-3H3,(H,21,22)/b15-9-. The molecule has 2 aromatic rings. The fourth-order valence-corrected chi connectivity index (χ4v) is 2.24. The SMILES string of the molecule is CCOc1ccc(/C=C(\C(=O)O)c2ccc(C)c(F)c2)cc1OC. The Morgan fingerprint density at radius 2 is 1.96 bits per heavy atom. The van der Waals surface area contributed by atoms with E-state index in [1.807, 2.05) is 6.92 Å². The lowest BCUT2D eigenvalue weighted by atomic mass is 10.0. The quantitative estimate of drug-likeness (QED) is 0.638. The first kappa shape index (κ1) is 17.5. The Bertz CT molecular complexity index is 781. The number of ether oxygens (including phenoxy) is 2. The molecule has 0 spiro atoms. The summed E-state index contributed by atoms with van der Waals surface area (Å²) in [6, 6.07) is 9.48. The monoisotopic (exact) mass is 330 g/mol. The summed E-state index contributed by atoms with van der Waals surface area (Å²) < 4.78 is 24.4. The fourth-order valence-electron chi connectivity index (χ4n) is 2.24. The maximum absolute atomic E-state index is 13.7. The number of rotatable bonds is 6. The van der Waals surface area contributed by atoms with Gasteiger partial charge >= 0.3 is 5.97 Å². The molecule has 0 saturated carbocycles. The summed E-state index contributed by atoms with van der Waals surface area (Å²) in [5.74, 6) is -0.490. The van der Waals surface area contributed by atoms with Crippen LogP contribution in [-0.4, -0.2) is 24.8 Å². The molecular weight excluding hydrogens is 311 g/mol. The van der Waals surface area contributed by atoms with Crippen molar-refractivity contribution in [2.75, 3.05) is 13.7 Å². The Balaban J connectivity index is 2.47. The third-order valence-corrected chi connectivity index (χ3v) is 3.51. The van der Waals surface area contributed by atoms with Gasteiger partial charge in [-0.15, -0.1) is 0 Å². The largest absolute Gasteiger partial charge is 0.493 e. The highest BCUT2D eigenvalue weighted by Gasteiger charge is 2.13. The molecule has 2 rings (SSSR count). The first-order valence-corrected chi connectivity index (χ1v) is 7.48. The van der Waals surface area contributed by atoms with Crippen LogP contribution in [0.4, 0.5) is 4.39 Å². The number of carbonyl (C=O) groups is 1. The zero-order valence-electron chi connectivity index (χ0n) is 13.8. The Labute approximate surface area is 140 Å². The summed E-state index contributed by atoms with van der Waals surface area (Å²) in [7, 11) is 1.51. The van der Waals surface area contributed by atoms with E-state index in [1.165, 1.54) is 19.3 Å². The molecule has 0 bridgehead atoms. The van der Waals surface area contributed by atoms with Crippen molar-refractivity contribution in [2.45, 2.75) is 13.8 Å². The van der Waals surface area contributed by atoms with Crippen LogP contribution in [-0.2, 0) is 4.79 Å². The van der Waals surface area contributed by atoms with Crippen LogP contribution >= 0.6 is 0 Å². The first-order valence-electron chi connectivity index (χ1n) is 7.48. The second-order valence-corrected chi connectivity index (χ2v) is 5.17. The van der Waals surface area contributed by atoms with E-state index >= 15 is 0 Å². The van der Waals surface area contributed by atoms with Crippen molar-refractivity contribution < 1.29 is 23.8 Å². The molecule has 24 heavy (non-hydrogen) atoms. The second kappa shape index (κ2) is 7.64. The third-order valence-electron chi connectivity index (χ3n) is 3.51. The first-order chi connectivity index (χ1) is 11.5. The van der Waals surface area contributed by atoms with Crippen LogP contribution in [0.1, 0.15) is 23.6 Å². The molecule has 2 aromatic carbocycles. The van der Waals surface area contributed by atoms with E-state index in [2.05, 4.69) is 0 Å². The maximum Gasteiger partial charge on any atom is 0.336 e. The van der Waals surface area contributed by atoms with Crippen LogP contribution in [0.2, 0.25) is 0 Å².